The summed E-state index contributed by atoms with van der Waals surface area (Å²) in [6.07, 6.45) is -0.542. The van der Waals surface area contributed by atoms with Crippen molar-refractivity contribution >= 4 is 23.4 Å². The second-order valence-electron chi connectivity index (χ2n) is 6.01. The third-order valence-electron chi connectivity index (χ3n) is 3.96. The number of halogens is 1. The van der Waals surface area contributed by atoms with Crippen molar-refractivity contribution < 1.29 is 14.3 Å². The Morgan fingerprint density at radius 1 is 1.20 bits per heavy atom. The monoisotopic (exact) mass is 360 g/mol. The molecule has 1 unspecified atom stereocenters. The van der Waals surface area contributed by atoms with Crippen molar-refractivity contribution in [2.24, 2.45) is 0 Å². The predicted molar refractivity (Wildman–Crippen MR) is 98.5 cm³/mol. The summed E-state index contributed by atoms with van der Waals surface area (Å²) >= 11 is 5.86. The van der Waals surface area contributed by atoms with Crippen molar-refractivity contribution in [3.05, 3.63) is 59.1 Å². The highest BCUT2D eigenvalue weighted by Gasteiger charge is 2.31. The first-order valence-electron chi connectivity index (χ1n) is 8.24. The highest BCUT2D eigenvalue weighted by Crippen LogP contribution is 2.16. The van der Waals surface area contributed by atoms with E-state index in [1.807, 2.05) is 55.5 Å². The zero-order chi connectivity index (χ0) is 17.6. The first-order valence-corrected chi connectivity index (χ1v) is 8.62. The molecule has 0 aliphatic carbocycles. The molecule has 0 radical (unpaired) electrons. The van der Waals surface area contributed by atoms with E-state index in [-0.39, 0.29) is 12.2 Å². The van der Waals surface area contributed by atoms with Crippen LogP contribution < -0.4 is 10.1 Å². The van der Waals surface area contributed by atoms with Gasteiger partial charge >= 0.3 is 6.09 Å². The Labute approximate surface area is 152 Å². The highest BCUT2D eigenvalue weighted by atomic mass is 35.5. The summed E-state index contributed by atoms with van der Waals surface area (Å²) in [6.45, 7) is 4.13. The van der Waals surface area contributed by atoms with Gasteiger partial charge in [0.05, 0.1) is 6.54 Å². The number of carbonyl (C=O) groups is 1. The number of nitrogens with one attached hydrogen (secondary N) is 1. The van der Waals surface area contributed by atoms with Crippen molar-refractivity contribution in [1.29, 1.82) is 0 Å². The summed E-state index contributed by atoms with van der Waals surface area (Å²) in [5, 5.41) is 3.96. The third kappa shape index (κ3) is 5.03. The molecule has 1 N–H and O–H groups in total. The van der Waals surface area contributed by atoms with Crippen molar-refractivity contribution in [3.63, 3.8) is 0 Å². The maximum atomic E-state index is 11.9. The largest absolute Gasteiger partial charge is 0.490 e. The Hall–Kier alpha value is -2.40. The Balaban J connectivity index is 1.41. The van der Waals surface area contributed by atoms with E-state index in [9.17, 15) is 4.79 Å². The number of aryl methyl sites for hydroxylation is 1. The van der Waals surface area contributed by atoms with Crippen LogP contribution in [-0.2, 0) is 4.74 Å². The minimum atomic E-state index is -0.296. The number of anilines is 1. The van der Waals surface area contributed by atoms with Gasteiger partial charge in [0.25, 0.3) is 0 Å². The van der Waals surface area contributed by atoms with Crippen LogP contribution in [0.15, 0.2) is 48.5 Å². The second kappa shape index (κ2) is 8.12. The number of ether oxygens (including phenoxy) is 2. The molecule has 6 heteroatoms. The molecule has 2 aromatic rings. The van der Waals surface area contributed by atoms with E-state index in [0.717, 1.165) is 11.4 Å². The number of carbonyl (C=O) groups excluding carboxylic acids is 1. The molecule has 0 bridgehead atoms. The first kappa shape index (κ1) is 17.4. The van der Waals surface area contributed by atoms with Gasteiger partial charge in [-0.25, -0.2) is 4.79 Å². The fourth-order valence-corrected chi connectivity index (χ4v) is 2.70. The topological polar surface area (TPSA) is 50.8 Å². The van der Waals surface area contributed by atoms with E-state index < -0.39 is 0 Å². The number of hydrogen-bond acceptors (Lipinski definition) is 4. The van der Waals surface area contributed by atoms with E-state index in [4.69, 9.17) is 21.1 Å². The maximum Gasteiger partial charge on any atom is 0.410 e. The number of cyclic esters (lactones) is 1. The molecule has 1 aliphatic rings. The van der Waals surface area contributed by atoms with Crippen molar-refractivity contribution in [1.82, 2.24) is 4.90 Å². The smallest absolute Gasteiger partial charge is 0.410 e. The third-order valence-corrected chi connectivity index (χ3v) is 4.21. The average Bonchev–Trinajstić information content (AvgIpc) is 2.96. The maximum absolute atomic E-state index is 11.9. The van der Waals surface area contributed by atoms with Gasteiger partial charge in [-0.1, -0.05) is 29.3 Å². The van der Waals surface area contributed by atoms with E-state index in [1.54, 1.807) is 4.90 Å². The molecule has 1 amide bonds. The number of nitrogens with zero attached hydrogens (tertiary/aromatic N) is 1. The zero-order valence-electron chi connectivity index (χ0n) is 14.1. The fourth-order valence-electron chi connectivity index (χ4n) is 2.57. The van der Waals surface area contributed by atoms with Crippen molar-refractivity contribution in [2.45, 2.75) is 13.0 Å². The molecule has 3 rings (SSSR count). The van der Waals surface area contributed by atoms with Gasteiger partial charge in [0.2, 0.25) is 0 Å². The van der Waals surface area contributed by atoms with Crippen LogP contribution in [0.4, 0.5) is 10.5 Å². The Morgan fingerprint density at radius 3 is 2.64 bits per heavy atom. The van der Waals surface area contributed by atoms with E-state index in [1.165, 1.54) is 5.56 Å². The lowest BCUT2D eigenvalue weighted by molar-refractivity contribution is 0.103. The molecule has 0 spiro atoms. The summed E-state index contributed by atoms with van der Waals surface area (Å²) in [5.41, 5.74) is 2.15. The number of amides is 1. The van der Waals surface area contributed by atoms with Gasteiger partial charge < -0.3 is 19.7 Å². The number of rotatable bonds is 7. The molecule has 1 aliphatic heterocycles. The van der Waals surface area contributed by atoms with E-state index >= 15 is 0 Å². The van der Waals surface area contributed by atoms with Crippen molar-refractivity contribution in [2.75, 3.05) is 31.6 Å². The molecule has 2 aromatic carbocycles. The molecule has 1 atom stereocenters. The molecule has 25 heavy (non-hydrogen) atoms. The van der Waals surface area contributed by atoms with Crippen LogP contribution in [0, 0.1) is 6.92 Å². The normalized spacial score (nSPS) is 16.6. The minimum Gasteiger partial charge on any atom is -0.490 e. The number of hydrogen-bond donors (Lipinski definition) is 1. The van der Waals surface area contributed by atoms with Crippen LogP contribution >= 0.6 is 11.6 Å². The lowest BCUT2D eigenvalue weighted by Crippen LogP contribution is -2.31. The SMILES string of the molecule is Cc1ccc(OCC2CN(CCNc3ccc(Cl)cc3)C(=O)O2)cc1. The van der Waals surface area contributed by atoms with Crippen molar-refractivity contribution in [3.8, 4) is 5.75 Å². The quantitative estimate of drug-likeness (QED) is 0.812. The second-order valence-corrected chi connectivity index (χ2v) is 6.45. The van der Waals surface area contributed by atoms with Gasteiger partial charge in [0.1, 0.15) is 12.4 Å². The molecular formula is C19H21ClN2O3. The molecule has 1 saturated heterocycles. The van der Waals surface area contributed by atoms with Crippen LogP contribution in [0.5, 0.6) is 5.75 Å². The van der Waals surface area contributed by atoms with Gasteiger partial charge in [-0.05, 0) is 43.3 Å². The summed E-state index contributed by atoms with van der Waals surface area (Å²) in [4.78, 5) is 13.6. The summed E-state index contributed by atoms with van der Waals surface area (Å²) in [7, 11) is 0. The van der Waals surface area contributed by atoms with Crippen LogP contribution in [0.3, 0.4) is 0 Å². The van der Waals surface area contributed by atoms with Crippen LogP contribution in [0.25, 0.3) is 0 Å². The average molecular weight is 361 g/mol. The lowest BCUT2D eigenvalue weighted by Gasteiger charge is -2.14. The fraction of sp³-hybridized carbons (Fsp3) is 0.316. The molecular weight excluding hydrogens is 340 g/mol. The van der Waals surface area contributed by atoms with Gasteiger partial charge in [-0.15, -0.1) is 0 Å². The van der Waals surface area contributed by atoms with Gasteiger partial charge in [0.15, 0.2) is 6.10 Å². The molecule has 0 saturated carbocycles. The number of benzene rings is 2. The van der Waals surface area contributed by atoms with Crippen LogP contribution in [0.2, 0.25) is 5.02 Å². The predicted octanol–water partition coefficient (Wildman–Crippen LogP) is 3.96. The Morgan fingerprint density at radius 2 is 1.92 bits per heavy atom. The zero-order valence-corrected chi connectivity index (χ0v) is 14.8. The Bertz CT molecular complexity index is 704. The molecule has 132 valence electrons. The molecule has 0 aromatic heterocycles. The summed E-state index contributed by atoms with van der Waals surface area (Å²) < 4.78 is 11.0. The minimum absolute atomic E-state index is 0.246. The van der Waals surface area contributed by atoms with Crippen LogP contribution in [-0.4, -0.2) is 43.3 Å². The summed E-state index contributed by atoms with van der Waals surface area (Å²) in [6, 6.07) is 15.3. The first-order chi connectivity index (χ1) is 12.1. The molecule has 1 heterocycles. The molecule has 5 nitrogen and oxygen atoms in total. The van der Waals surface area contributed by atoms with E-state index in [2.05, 4.69) is 5.32 Å². The lowest BCUT2D eigenvalue weighted by atomic mass is 10.2. The highest BCUT2D eigenvalue weighted by molar-refractivity contribution is 6.30. The van der Waals surface area contributed by atoms with Crippen LogP contribution in [0.1, 0.15) is 5.56 Å². The van der Waals surface area contributed by atoms with Gasteiger partial charge in [-0.2, -0.15) is 0 Å². The van der Waals surface area contributed by atoms with Gasteiger partial charge in [0, 0.05) is 23.8 Å². The summed E-state index contributed by atoms with van der Waals surface area (Å²) in [5.74, 6) is 0.782. The van der Waals surface area contributed by atoms with E-state index in [0.29, 0.717) is 31.3 Å². The Kier molecular flexibility index (Phi) is 5.66. The van der Waals surface area contributed by atoms with Gasteiger partial charge in [-0.3, -0.25) is 0 Å². The molecule has 1 fully saturated rings. The standard InChI is InChI=1S/C19H21ClN2O3/c1-14-2-8-17(9-3-14)24-13-18-12-22(19(23)25-18)11-10-21-16-6-4-15(20)5-7-16/h2-9,18,21H,10-13H2,1H3.